The Morgan fingerprint density at radius 2 is 2.00 bits per heavy atom. The molecule has 0 atom stereocenters. The molecule has 1 aliphatic carbocycles. The number of thiophene rings is 1. The maximum atomic E-state index is 13.1. The van der Waals surface area contributed by atoms with Gasteiger partial charge in [0.1, 0.15) is 10.3 Å². The van der Waals surface area contributed by atoms with Crippen LogP contribution >= 0.6 is 11.3 Å². The number of rotatable bonds is 6. The number of fused-ring (bicyclic) bond motifs is 2. The summed E-state index contributed by atoms with van der Waals surface area (Å²) in [6, 6.07) is 8.63. The van der Waals surface area contributed by atoms with Crippen molar-refractivity contribution >= 4 is 62.6 Å². The fourth-order valence-electron chi connectivity index (χ4n) is 5.03. The van der Waals surface area contributed by atoms with Crippen LogP contribution < -0.4 is 14.8 Å². The molecule has 2 N–H and O–H groups in total. The molecular weight excluding hydrogens is 535 g/mol. The number of ether oxygens (including phenoxy) is 2. The first-order chi connectivity index (χ1) is 17.9. The number of hydrogen-bond acceptors (Lipinski definition) is 8. The SMILES string of the molecule is CN1CCc2sc(S(=O)(=O)NC(=O)Nc3c(-c4ccnc(OC5COC5)c4)ccc4c3CCC4)cc2C1.[NaH]. The summed E-state index contributed by atoms with van der Waals surface area (Å²) in [5.74, 6) is 0.483. The van der Waals surface area contributed by atoms with Gasteiger partial charge in [-0.3, -0.25) is 0 Å². The summed E-state index contributed by atoms with van der Waals surface area (Å²) in [6.45, 7) is 2.67. The van der Waals surface area contributed by atoms with E-state index in [2.05, 4.69) is 26.0 Å². The molecule has 0 radical (unpaired) electrons. The van der Waals surface area contributed by atoms with Crippen molar-refractivity contribution in [3.63, 3.8) is 0 Å². The minimum atomic E-state index is -4.00. The van der Waals surface area contributed by atoms with Crippen molar-refractivity contribution < 1.29 is 22.7 Å². The third kappa shape index (κ3) is 5.65. The molecular formula is C26H29N4NaO5S2. The van der Waals surface area contributed by atoms with Gasteiger partial charge < -0.3 is 19.7 Å². The number of carbonyl (C=O) groups is 1. The molecule has 9 nitrogen and oxygen atoms in total. The van der Waals surface area contributed by atoms with E-state index in [4.69, 9.17) is 9.47 Å². The molecule has 196 valence electrons. The number of nitrogens with zero attached hydrogens (tertiary/aromatic N) is 2. The maximum absolute atomic E-state index is 13.1. The second-order valence-corrected chi connectivity index (χ2v) is 12.7. The van der Waals surface area contributed by atoms with Gasteiger partial charge in [-0.25, -0.2) is 22.9 Å². The van der Waals surface area contributed by atoms with Crippen molar-refractivity contribution in [2.75, 3.05) is 32.1 Å². The van der Waals surface area contributed by atoms with Crippen molar-refractivity contribution in [1.82, 2.24) is 14.6 Å². The van der Waals surface area contributed by atoms with Crippen molar-refractivity contribution in [2.24, 2.45) is 0 Å². The summed E-state index contributed by atoms with van der Waals surface area (Å²) >= 11 is 1.24. The first-order valence-corrected chi connectivity index (χ1v) is 14.7. The average Bonchev–Trinajstić information content (AvgIpc) is 3.49. The van der Waals surface area contributed by atoms with E-state index < -0.39 is 16.1 Å². The molecule has 4 heterocycles. The first kappa shape index (κ1) is 27.6. The molecule has 2 amide bonds. The van der Waals surface area contributed by atoms with Crippen molar-refractivity contribution in [1.29, 1.82) is 0 Å². The summed E-state index contributed by atoms with van der Waals surface area (Å²) in [5, 5.41) is 2.87. The number of amides is 2. The van der Waals surface area contributed by atoms with E-state index >= 15 is 0 Å². The Kier molecular flexibility index (Phi) is 8.16. The number of sulfonamides is 1. The predicted octanol–water partition coefficient (Wildman–Crippen LogP) is 2.93. The molecule has 3 aromatic rings. The first-order valence-electron chi connectivity index (χ1n) is 12.4. The van der Waals surface area contributed by atoms with Crippen molar-refractivity contribution in [3.05, 3.63) is 58.1 Å². The predicted molar refractivity (Wildman–Crippen MR) is 148 cm³/mol. The van der Waals surface area contributed by atoms with Crippen LogP contribution in [0.25, 0.3) is 11.1 Å². The summed E-state index contributed by atoms with van der Waals surface area (Å²) in [4.78, 5) is 20.6. The van der Waals surface area contributed by atoms with Crippen LogP contribution in [0.2, 0.25) is 0 Å². The zero-order valence-electron chi connectivity index (χ0n) is 20.5. The fraction of sp³-hybridized carbons (Fsp3) is 0.385. The number of urea groups is 1. The molecule has 0 unspecified atom stereocenters. The number of aryl methyl sites for hydroxylation is 1. The molecule has 0 bridgehead atoms. The van der Waals surface area contributed by atoms with Gasteiger partial charge in [0.25, 0.3) is 10.0 Å². The summed E-state index contributed by atoms with van der Waals surface area (Å²) in [5.41, 5.74) is 5.44. The average molecular weight is 565 g/mol. The van der Waals surface area contributed by atoms with Crippen LogP contribution in [0.5, 0.6) is 5.88 Å². The van der Waals surface area contributed by atoms with Crippen LogP contribution in [0.3, 0.4) is 0 Å². The van der Waals surface area contributed by atoms with Crippen LogP contribution in [-0.4, -0.2) is 86.8 Å². The van der Waals surface area contributed by atoms with E-state index in [1.807, 2.05) is 25.2 Å². The van der Waals surface area contributed by atoms with E-state index in [9.17, 15) is 13.2 Å². The third-order valence-corrected chi connectivity index (χ3v) is 10.0. The molecule has 1 aromatic carbocycles. The van der Waals surface area contributed by atoms with Gasteiger partial charge in [-0.2, -0.15) is 0 Å². The number of benzene rings is 1. The Labute approximate surface area is 248 Å². The monoisotopic (exact) mass is 564 g/mol. The van der Waals surface area contributed by atoms with Crippen LogP contribution in [0.4, 0.5) is 10.5 Å². The molecule has 0 spiro atoms. The Balaban J connectivity index is 0.00000294. The Hall–Kier alpha value is -1.99. The summed E-state index contributed by atoms with van der Waals surface area (Å²) in [6.07, 6.45) is 5.18. The number of carbonyl (C=O) groups excluding carboxylic acids is 1. The minimum absolute atomic E-state index is 0. The number of hydrogen-bond donors (Lipinski definition) is 2. The molecule has 1 fully saturated rings. The van der Waals surface area contributed by atoms with Gasteiger partial charge in [0.05, 0.1) is 18.9 Å². The molecule has 12 heteroatoms. The van der Waals surface area contributed by atoms with Crippen LogP contribution in [0, 0.1) is 0 Å². The summed E-state index contributed by atoms with van der Waals surface area (Å²) < 4.78 is 39.6. The summed E-state index contributed by atoms with van der Waals surface area (Å²) in [7, 11) is -1.99. The van der Waals surface area contributed by atoms with E-state index in [1.54, 1.807) is 12.3 Å². The topological polar surface area (TPSA) is 110 Å². The van der Waals surface area contributed by atoms with Crippen molar-refractivity contribution in [2.45, 2.75) is 42.5 Å². The zero-order valence-corrected chi connectivity index (χ0v) is 22.1. The molecule has 1 saturated heterocycles. The van der Waals surface area contributed by atoms with E-state index in [0.29, 0.717) is 31.3 Å². The standard InChI is InChI=1S/C26H28N4O5S2.Na.H/c1-30-10-8-22-18(13-30)12-24(36-22)37(32,33)29-26(31)28-25-20-4-2-3-16(20)5-6-21(25)17-7-9-27-23(11-17)35-19-14-34-15-19;;/h5-7,9,11-12,19H,2-4,8,10,13-15H2,1H3,(H2,28,29,31);;. The van der Waals surface area contributed by atoms with Crippen LogP contribution in [0.15, 0.2) is 40.7 Å². The van der Waals surface area contributed by atoms with Gasteiger partial charge in [0, 0.05) is 35.8 Å². The van der Waals surface area contributed by atoms with Crippen LogP contribution in [0.1, 0.15) is 28.0 Å². The molecule has 38 heavy (non-hydrogen) atoms. The Bertz CT molecular complexity index is 1470. The van der Waals surface area contributed by atoms with Gasteiger partial charge in [-0.05, 0) is 67.1 Å². The van der Waals surface area contributed by atoms with Crippen LogP contribution in [-0.2, 0) is 40.6 Å². The van der Waals surface area contributed by atoms with E-state index in [1.165, 1.54) is 11.3 Å². The number of pyridine rings is 1. The van der Waals surface area contributed by atoms with Gasteiger partial charge in [-0.15, -0.1) is 11.3 Å². The Morgan fingerprint density at radius 1 is 1.16 bits per heavy atom. The normalized spacial score (nSPS) is 17.1. The quantitative estimate of drug-likeness (QED) is 0.443. The fourth-order valence-corrected chi connectivity index (χ4v) is 7.49. The number of anilines is 1. The van der Waals surface area contributed by atoms with Crippen molar-refractivity contribution in [3.8, 4) is 17.0 Å². The third-order valence-electron chi connectivity index (χ3n) is 6.99. The number of nitrogens with one attached hydrogen (secondary N) is 2. The van der Waals surface area contributed by atoms with E-state index in [0.717, 1.165) is 64.9 Å². The second-order valence-electron chi connectivity index (χ2n) is 9.70. The molecule has 2 aliphatic heterocycles. The number of likely N-dealkylation sites (N-methyl/N-ethyl adjacent to an activating group) is 1. The number of aromatic nitrogens is 1. The molecule has 3 aliphatic rings. The molecule has 6 rings (SSSR count). The molecule has 2 aromatic heterocycles. The second kappa shape index (κ2) is 11.2. The van der Waals surface area contributed by atoms with Gasteiger partial charge in [0.2, 0.25) is 5.88 Å². The van der Waals surface area contributed by atoms with E-state index in [-0.39, 0.29) is 39.9 Å². The van der Waals surface area contributed by atoms with Gasteiger partial charge in [0.15, 0.2) is 0 Å². The molecule has 0 saturated carbocycles. The van der Waals surface area contributed by atoms with Gasteiger partial charge >= 0.3 is 35.6 Å². The Morgan fingerprint density at radius 3 is 2.79 bits per heavy atom. The van der Waals surface area contributed by atoms with Gasteiger partial charge in [-0.1, -0.05) is 12.1 Å². The zero-order chi connectivity index (χ0) is 25.6.